The SMILES string of the molecule is COC(=O)C1=C(C(=O)OC)N(Cc2ccccc2)C(c2ccc(C)cc2)(c2ccc(C)cc2)C=C1c1ccccc1. The second kappa shape index (κ2) is 11.7. The van der Waals surface area contributed by atoms with Gasteiger partial charge in [-0.2, -0.15) is 0 Å². The van der Waals surface area contributed by atoms with Crippen molar-refractivity contribution in [2.24, 2.45) is 0 Å². The Morgan fingerprint density at radius 2 is 1.15 bits per heavy atom. The first kappa shape index (κ1) is 27.7. The summed E-state index contributed by atoms with van der Waals surface area (Å²) in [6.45, 7) is 4.42. The van der Waals surface area contributed by atoms with Gasteiger partial charge in [0, 0.05) is 6.54 Å². The lowest BCUT2D eigenvalue weighted by Crippen LogP contribution is -2.50. The first-order valence-corrected chi connectivity index (χ1v) is 13.5. The molecule has 5 heteroatoms. The molecule has 206 valence electrons. The number of hydrogen-bond donors (Lipinski definition) is 0. The second-order valence-electron chi connectivity index (χ2n) is 10.2. The Balaban J connectivity index is 1.96. The van der Waals surface area contributed by atoms with Crippen LogP contribution >= 0.6 is 0 Å². The number of methoxy groups -OCH3 is 2. The highest BCUT2D eigenvalue weighted by atomic mass is 16.5. The number of carbonyl (C=O) groups excluding carboxylic acids is 2. The third-order valence-corrected chi connectivity index (χ3v) is 7.57. The molecular weight excluding hydrogens is 510 g/mol. The largest absolute Gasteiger partial charge is 0.465 e. The van der Waals surface area contributed by atoms with Gasteiger partial charge in [0.25, 0.3) is 0 Å². The van der Waals surface area contributed by atoms with Crippen molar-refractivity contribution in [2.45, 2.75) is 25.9 Å². The van der Waals surface area contributed by atoms with Gasteiger partial charge >= 0.3 is 11.9 Å². The van der Waals surface area contributed by atoms with E-state index < -0.39 is 17.5 Å². The third kappa shape index (κ3) is 5.19. The molecular formula is C36H33NO4. The molecule has 0 amide bonds. The van der Waals surface area contributed by atoms with Gasteiger partial charge in [-0.25, -0.2) is 9.59 Å². The maximum Gasteiger partial charge on any atom is 0.355 e. The predicted octanol–water partition coefficient (Wildman–Crippen LogP) is 6.75. The molecule has 4 aromatic carbocycles. The molecule has 1 aliphatic heterocycles. The Bertz CT molecular complexity index is 1560. The number of carbonyl (C=O) groups is 2. The zero-order valence-corrected chi connectivity index (χ0v) is 23.8. The van der Waals surface area contributed by atoms with Gasteiger partial charge in [0.05, 0.1) is 19.8 Å². The monoisotopic (exact) mass is 543 g/mol. The standard InChI is InChI=1S/C36H33NO4/c1-25-15-19-29(20-16-25)36(30-21-17-26(2)18-22-30)23-31(28-13-9-6-10-14-28)32(34(38)40-3)33(35(39)41-4)37(36)24-27-11-7-5-8-12-27/h5-23H,24H2,1-4H3. The lowest BCUT2D eigenvalue weighted by atomic mass is 9.74. The number of nitrogens with zero attached hydrogens (tertiary/aromatic N) is 1. The van der Waals surface area contributed by atoms with E-state index >= 15 is 0 Å². The lowest BCUT2D eigenvalue weighted by Gasteiger charge is -2.48. The van der Waals surface area contributed by atoms with Gasteiger partial charge in [-0.15, -0.1) is 0 Å². The fourth-order valence-electron chi connectivity index (χ4n) is 5.49. The van der Waals surface area contributed by atoms with Crippen LogP contribution in [0.2, 0.25) is 0 Å². The van der Waals surface area contributed by atoms with E-state index in [9.17, 15) is 9.59 Å². The van der Waals surface area contributed by atoms with Gasteiger partial charge in [0.2, 0.25) is 0 Å². The Labute approximate surface area is 241 Å². The molecule has 0 bridgehead atoms. The Morgan fingerprint density at radius 1 is 0.659 bits per heavy atom. The fraction of sp³-hybridized carbons (Fsp3) is 0.167. The Kier molecular flexibility index (Phi) is 7.88. The van der Waals surface area contributed by atoms with E-state index in [2.05, 4.69) is 54.6 Å². The number of rotatable bonds is 7. The molecule has 0 aromatic heterocycles. The van der Waals surface area contributed by atoms with E-state index in [4.69, 9.17) is 9.47 Å². The van der Waals surface area contributed by atoms with Crippen molar-refractivity contribution in [3.63, 3.8) is 0 Å². The average Bonchev–Trinajstić information content (AvgIpc) is 3.01. The molecule has 5 nitrogen and oxygen atoms in total. The summed E-state index contributed by atoms with van der Waals surface area (Å²) in [5.74, 6) is -1.23. The molecule has 0 radical (unpaired) electrons. The van der Waals surface area contributed by atoms with Crippen LogP contribution in [0.5, 0.6) is 0 Å². The highest BCUT2D eigenvalue weighted by Gasteiger charge is 2.48. The summed E-state index contributed by atoms with van der Waals surface area (Å²) < 4.78 is 10.7. The molecule has 0 atom stereocenters. The number of hydrogen-bond acceptors (Lipinski definition) is 5. The van der Waals surface area contributed by atoms with Crippen molar-refractivity contribution in [2.75, 3.05) is 14.2 Å². The topological polar surface area (TPSA) is 55.8 Å². The summed E-state index contributed by atoms with van der Waals surface area (Å²) in [7, 11) is 2.67. The van der Waals surface area contributed by atoms with Crippen molar-refractivity contribution in [3.8, 4) is 0 Å². The second-order valence-corrected chi connectivity index (χ2v) is 10.2. The van der Waals surface area contributed by atoms with E-state index in [1.807, 2.05) is 79.4 Å². The van der Waals surface area contributed by atoms with Crippen LogP contribution in [0.3, 0.4) is 0 Å². The highest BCUT2D eigenvalue weighted by molar-refractivity contribution is 6.13. The van der Waals surface area contributed by atoms with Crippen LogP contribution in [-0.4, -0.2) is 31.1 Å². The molecule has 4 aromatic rings. The van der Waals surface area contributed by atoms with Crippen LogP contribution in [0, 0.1) is 13.8 Å². The third-order valence-electron chi connectivity index (χ3n) is 7.57. The van der Waals surface area contributed by atoms with Crippen molar-refractivity contribution in [3.05, 3.63) is 160 Å². The van der Waals surface area contributed by atoms with Crippen molar-refractivity contribution in [1.29, 1.82) is 0 Å². The average molecular weight is 544 g/mol. The number of benzene rings is 4. The Morgan fingerprint density at radius 3 is 1.63 bits per heavy atom. The summed E-state index contributed by atoms with van der Waals surface area (Å²) in [6, 6.07) is 36.2. The predicted molar refractivity (Wildman–Crippen MR) is 161 cm³/mol. The normalized spacial score (nSPS) is 14.3. The molecule has 0 saturated carbocycles. The fourth-order valence-corrected chi connectivity index (χ4v) is 5.49. The molecule has 1 aliphatic rings. The number of esters is 2. The zero-order chi connectivity index (χ0) is 29.0. The maximum absolute atomic E-state index is 13.9. The van der Waals surface area contributed by atoms with Crippen LogP contribution in [-0.2, 0) is 31.1 Å². The van der Waals surface area contributed by atoms with E-state index in [0.717, 1.165) is 33.4 Å². The van der Waals surface area contributed by atoms with Crippen LogP contribution in [0.4, 0.5) is 0 Å². The molecule has 1 heterocycles. The molecule has 0 fully saturated rings. The van der Waals surface area contributed by atoms with Gasteiger partial charge in [-0.3, -0.25) is 0 Å². The van der Waals surface area contributed by atoms with E-state index in [0.29, 0.717) is 12.1 Å². The van der Waals surface area contributed by atoms with Crippen LogP contribution < -0.4 is 0 Å². The lowest BCUT2D eigenvalue weighted by molar-refractivity contribution is -0.141. The smallest absolute Gasteiger partial charge is 0.355 e. The minimum atomic E-state index is -0.983. The summed E-state index contributed by atoms with van der Waals surface area (Å²) in [6.07, 6.45) is 2.10. The zero-order valence-electron chi connectivity index (χ0n) is 23.8. The first-order valence-electron chi connectivity index (χ1n) is 13.5. The van der Waals surface area contributed by atoms with Gasteiger partial charge in [-0.05, 0) is 47.8 Å². The molecule has 41 heavy (non-hydrogen) atoms. The molecule has 0 unspecified atom stereocenters. The summed E-state index contributed by atoms with van der Waals surface area (Å²) in [5, 5.41) is 0. The van der Waals surface area contributed by atoms with Crippen LogP contribution in [0.25, 0.3) is 5.57 Å². The molecule has 0 saturated heterocycles. The van der Waals surface area contributed by atoms with Gasteiger partial charge < -0.3 is 14.4 Å². The Hall–Kier alpha value is -4.90. The highest BCUT2D eigenvalue weighted by Crippen LogP contribution is 2.49. The molecule has 0 aliphatic carbocycles. The summed E-state index contributed by atoms with van der Waals surface area (Å²) in [5.41, 5.74) is 5.81. The van der Waals surface area contributed by atoms with E-state index in [-0.39, 0.29) is 11.3 Å². The van der Waals surface area contributed by atoms with Crippen molar-refractivity contribution < 1.29 is 19.1 Å². The van der Waals surface area contributed by atoms with Crippen LogP contribution in [0.1, 0.15) is 33.4 Å². The van der Waals surface area contributed by atoms with Gasteiger partial charge in [-0.1, -0.05) is 120 Å². The minimum absolute atomic E-state index is 0.144. The number of aryl methyl sites for hydroxylation is 2. The first-order chi connectivity index (χ1) is 19.9. The number of ether oxygens (including phenoxy) is 2. The molecule has 0 spiro atoms. The molecule has 0 N–H and O–H groups in total. The summed E-state index contributed by atoms with van der Waals surface area (Å²) in [4.78, 5) is 29.5. The molecule has 5 rings (SSSR count). The van der Waals surface area contributed by atoms with E-state index in [1.54, 1.807) is 0 Å². The van der Waals surface area contributed by atoms with Crippen LogP contribution in [0.15, 0.2) is 127 Å². The maximum atomic E-state index is 13.9. The van der Waals surface area contributed by atoms with E-state index in [1.165, 1.54) is 14.2 Å². The summed E-state index contributed by atoms with van der Waals surface area (Å²) >= 11 is 0. The van der Waals surface area contributed by atoms with Crippen molar-refractivity contribution in [1.82, 2.24) is 4.90 Å². The van der Waals surface area contributed by atoms with Crippen molar-refractivity contribution >= 4 is 17.5 Å². The minimum Gasteiger partial charge on any atom is -0.465 e. The van der Waals surface area contributed by atoms with Gasteiger partial charge in [0.1, 0.15) is 11.2 Å². The quantitative estimate of drug-likeness (QED) is 0.242. The van der Waals surface area contributed by atoms with Gasteiger partial charge in [0.15, 0.2) is 0 Å².